The van der Waals surface area contributed by atoms with Crippen LogP contribution in [-0.4, -0.2) is 29.3 Å². The highest BCUT2D eigenvalue weighted by atomic mass is 28.4. The van der Waals surface area contributed by atoms with Crippen molar-refractivity contribution in [3.8, 4) is 5.75 Å². The average Bonchev–Trinajstić information content (AvgIpc) is 2.64. The minimum Gasteiger partial charge on any atom is -0.543 e. The van der Waals surface area contributed by atoms with Gasteiger partial charge in [0.2, 0.25) is 8.32 Å². The van der Waals surface area contributed by atoms with Crippen LogP contribution >= 0.6 is 0 Å². The van der Waals surface area contributed by atoms with Crippen LogP contribution in [0.4, 0.5) is 10.6 Å². The van der Waals surface area contributed by atoms with Crippen LogP contribution in [0.25, 0.3) is 10.9 Å². The maximum absolute atomic E-state index is 11.2. The zero-order chi connectivity index (χ0) is 16.0. The molecule has 0 atom stereocenters. The molecule has 0 aliphatic carbocycles. The van der Waals surface area contributed by atoms with Gasteiger partial charge in [-0.3, -0.25) is 0 Å². The number of benzene rings is 1. The van der Waals surface area contributed by atoms with Crippen molar-refractivity contribution >= 4 is 31.1 Å². The molecule has 1 heterocycles. The molecule has 2 aromatic rings. The van der Waals surface area contributed by atoms with Crippen LogP contribution in [0.5, 0.6) is 5.75 Å². The maximum Gasteiger partial charge on any atom is 0.432 e. The first-order valence-electron chi connectivity index (χ1n) is 6.73. The molecule has 0 unspecified atom stereocenters. The van der Waals surface area contributed by atoms with Crippen molar-refractivity contribution < 1.29 is 14.3 Å². The lowest BCUT2D eigenvalue weighted by atomic mass is 10.2. The topological polar surface area (TPSA) is 90.4 Å². The van der Waals surface area contributed by atoms with Gasteiger partial charge >= 0.3 is 6.09 Å². The normalized spacial score (nSPS) is 12.6. The van der Waals surface area contributed by atoms with Crippen molar-refractivity contribution in [1.29, 1.82) is 0 Å². The molecule has 0 aliphatic heterocycles. The number of nitrogens with zero attached hydrogens (tertiary/aromatic N) is 2. The molecule has 114 valence electrons. The standard InChI is InChI=1S/C14H21N3O3Si/c1-14(2,3)21(4,5)20-9-6-7-10-11(8-9)17(13(18)19)16-12(10)15/h6-8H,1-5H3,(H2,15,16)(H,18,19). The summed E-state index contributed by atoms with van der Waals surface area (Å²) in [6, 6.07) is 5.25. The van der Waals surface area contributed by atoms with Gasteiger partial charge < -0.3 is 15.3 Å². The highest BCUT2D eigenvalue weighted by Gasteiger charge is 2.39. The molecule has 1 aromatic carbocycles. The summed E-state index contributed by atoms with van der Waals surface area (Å²) in [5.41, 5.74) is 6.17. The van der Waals surface area contributed by atoms with Crippen molar-refractivity contribution in [3.63, 3.8) is 0 Å². The van der Waals surface area contributed by atoms with Crippen LogP contribution in [0.1, 0.15) is 20.8 Å². The Kier molecular flexibility index (Phi) is 3.49. The van der Waals surface area contributed by atoms with Gasteiger partial charge in [-0.05, 0) is 30.3 Å². The zero-order valence-electron chi connectivity index (χ0n) is 13.0. The van der Waals surface area contributed by atoms with E-state index in [1.54, 1.807) is 12.1 Å². The minimum atomic E-state index is -1.98. The number of rotatable bonds is 2. The molecule has 0 spiro atoms. The lowest BCUT2D eigenvalue weighted by Crippen LogP contribution is -2.43. The predicted octanol–water partition coefficient (Wildman–Crippen LogP) is 3.53. The van der Waals surface area contributed by atoms with Gasteiger partial charge in [0.1, 0.15) is 5.75 Å². The number of hydrogen-bond donors (Lipinski definition) is 2. The summed E-state index contributed by atoms with van der Waals surface area (Å²) < 4.78 is 7.06. The lowest BCUT2D eigenvalue weighted by Gasteiger charge is -2.36. The third kappa shape index (κ3) is 2.73. The number of carbonyl (C=O) groups is 1. The minimum absolute atomic E-state index is 0.0635. The molecule has 0 radical (unpaired) electrons. The molecule has 0 amide bonds. The van der Waals surface area contributed by atoms with E-state index in [4.69, 9.17) is 15.3 Å². The van der Waals surface area contributed by atoms with E-state index in [0.29, 0.717) is 16.7 Å². The fraction of sp³-hybridized carbons (Fsp3) is 0.429. The van der Waals surface area contributed by atoms with Crippen molar-refractivity contribution in [1.82, 2.24) is 9.78 Å². The van der Waals surface area contributed by atoms with Gasteiger partial charge in [0.05, 0.1) is 5.52 Å². The van der Waals surface area contributed by atoms with Gasteiger partial charge in [-0.15, -0.1) is 5.10 Å². The van der Waals surface area contributed by atoms with Crippen molar-refractivity contribution in [2.24, 2.45) is 0 Å². The van der Waals surface area contributed by atoms with Crippen LogP contribution in [-0.2, 0) is 0 Å². The zero-order valence-corrected chi connectivity index (χ0v) is 14.0. The van der Waals surface area contributed by atoms with E-state index in [1.165, 1.54) is 0 Å². The lowest BCUT2D eigenvalue weighted by molar-refractivity contribution is 0.194. The predicted molar refractivity (Wildman–Crippen MR) is 85.4 cm³/mol. The Morgan fingerprint density at radius 1 is 1.38 bits per heavy atom. The first kappa shape index (κ1) is 15.4. The number of anilines is 1. The second-order valence-corrected chi connectivity index (χ2v) is 11.3. The summed E-state index contributed by atoms with van der Waals surface area (Å²) in [5, 5.41) is 13.7. The van der Waals surface area contributed by atoms with E-state index in [0.717, 1.165) is 4.68 Å². The summed E-state index contributed by atoms with van der Waals surface area (Å²) in [4.78, 5) is 11.2. The Morgan fingerprint density at radius 2 is 2.00 bits per heavy atom. The largest absolute Gasteiger partial charge is 0.543 e. The number of nitrogen functional groups attached to an aromatic ring is 1. The van der Waals surface area contributed by atoms with E-state index in [9.17, 15) is 4.79 Å². The van der Waals surface area contributed by atoms with Crippen LogP contribution in [0.15, 0.2) is 18.2 Å². The van der Waals surface area contributed by atoms with Crippen LogP contribution in [0.2, 0.25) is 18.1 Å². The molecule has 2 rings (SSSR count). The van der Waals surface area contributed by atoms with Crippen LogP contribution in [0.3, 0.4) is 0 Å². The SMILES string of the molecule is CC(C)(C)[Si](C)(C)Oc1ccc2c(N)nn(C(=O)O)c2c1. The third-order valence-electron chi connectivity index (χ3n) is 4.04. The second-order valence-electron chi connectivity index (χ2n) is 6.62. The third-order valence-corrected chi connectivity index (χ3v) is 8.40. The highest BCUT2D eigenvalue weighted by Crippen LogP contribution is 2.38. The van der Waals surface area contributed by atoms with E-state index in [2.05, 4.69) is 39.0 Å². The summed E-state index contributed by atoms with van der Waals surface area (Å²) >= 11 is 0. The Morgan fingerprint density at radius 3 is 2.52 bits per heavy atom. The quantitative estimate of drug-likeness (QED) is 0.828. The molecule has 21 heavy (non-hydrogen) atoms. The van der Waals surface area contributed by atoms with Gasteiger partial charge in [-0.25, -0.2) is 4.79 Å². The molecule has 0 saturated heterocycles. The molecule has 0 fully saturated rings. The van der Waals surface area contributed by atoms with Crippen LogP contribution in [0, 0.1) is 0 Å². The molecular formula is C14H21N3O3Si. The molecule has 0 saturated carbocycles. The van der Waals surface area contributed by atoms with E-state index in [1.807, 2.05) is 6.07 Å². The van der Waals surface area contributed by atoms with Gasteiger partial charge in [-0.1, -0.05) is 20.8 Å². The Balaban J connectivity index is 2.48. The van der Waals surface area contributed by atoms with Gasteiger partial charge in [0.25, 0.3) is 0 Å². The van der Waals surface area contributed by atoms with E-state index in [-0.39, 0.29) is 10.9 Å². The van der Waals surface area contributed by atoms with Gasteiger partial charge in [0.15, 0.2) is 5.82 Å². The molecule has 0 bridgehead atoms. The van der Waals surface area contributed by atoms with Crippen molar-refractivity contribution in [3.05, 3.63) is 18.2 Å². The molecule has 3 N–H and O–H groups in total. The monoisotopic (exact) mass is 307 g/mol. The van der Waals surface area contributed by atoms with Crippen molar-refractivity contribution in [2.75, 3.05) is 5.73 Å². The Labute approximate surface area is 124 Å². The summed E-state index contributed by atoms with van der Waals surface area (Å²) in [7, 11) is -1.98. The Hall–Kier alpha value is -2.02. The number of aromatic nitrogens is 2. The average molecular weight is 307 g/mol. The van der Waals surface area contributed by atoms with Crippen molar-refractivity contribution in [2.45, 2.75) is 38.9 Å². The van der Waals surface area contributed by atoms with Gasteiger partial charge in [0, 0.05) is 11.5 Å². The Bertz CT molecular complexity index is 701. The molecular weight excluding hydrogens is 286 g/mol. The fourth-order valence-corrected chi connectivity index (χ4v) is 2.80. The fourth-order valence-electron chi connectivity index (χ4n) is 1.78. The summed E-state index contributed by atoms with van der Waals surface area (Å²) in [6.45, 7) is 10.7. The number of nitrogens with two attached hydrogens (primary N) is 1. The smallest absolute Gasteiger partial charge is 0.432 e. The maximum atomic E-state index is 11.2. The summed E-state index contributed by atoms with van der Waals surface area (Å²) in [6.07, 6.45) is -1.17. The van der Waals surface area contributed by atoms with E-state index < -0.39 is 14.4 Å². The first-order valence-corrected chi connectivity index (χ1v) is 9.64. The van der Waals surface area contributed by atoms with Gasteiger partial charge in [-0.2, -0.15) is 4.68 Å². The molecule has 6 nitrogen and oxygen atoms in total. The van der Waals surface area contributed by atoms with E-state index >= 15 is 0 Å². The number of hydrogen-bond acceptors (Lipinski definition) is 4. The molecule has 7 heteroatoms. The summed E-state index contributed by atoms with van der Waals surface area (Å²) in [5.74, 6) is 0.850. The van der Waals surface area contributed by atoms with Crippen LogP contribution < -0.4 is 10.2 Å². The number of fused-ring (bicyclic) bond motifs is 1. The highest BCUT2D eigenvalue weighted by molar-refractivity contribution is 6.74. The second kappa shape index (κ2) is 4.76. The first-order chi connectivity index (χ1) is 9.53. The molecule has 1 aromatic heterocycles. The molecule has 0 aliphatic rings. The number of carboxylic acid groups (broad SMARTS) is 1.